The fraction of sp³-hybridized carbons (Fsp3) is 0.529. The zero-order valence-electron chi connectivity index (χ0n) is 13.8. The number of hydrogen-bond donors (Lipinski definition) is 1. The summed E-state index contributed by atoms with van der Waals surface area (Å²) >= 11 is 5.99. The van der Waals surface area contributed by atoms with Crippen LogP contribution in [0.15, 0.2) is 22.6 Å². The van der Waals surface area contributed by atoms with Gasteiger partial charge in [0, 0.05) is 37.7 Å². The highest BCUT2D eigenvalue weighted by Crippen LogP contribution is 2.30. The van der Waals surface area contributed by atoms with Crippen LogP contribution in [0.5, 0.6) is 0 Å². The average molecular weight is 352 g/mol. The zero-order chi connectivity index (χ0) is 16.9. The molecule has 1 N–H and O–H groups in total. The monoisotopic (exact) mass is 351 g/mol. The molecule has 1 aliphatic rings. The normalized spacial score (nSPS) is 16.0. The highest BCUT2D eigenvalue weighted by Gasteiger charge is 2.26. The zero-order valence-corrected chi connectivity index (χ0v) is 14.5. The molecule has 1 aliphatic heterocycles. The van der Waals surface area contributed by atoms with Gasteiger partial charge in [-0.3, -0.25) is 4.79 Å². The van der Waals surface area contributed by atoms with Gasteiger partial charge in [-0.25, -0.2) is 4.98 Å². The number of likely N-dealkylation sites (tertiary alicyclic amines) is 1. The third-order valence-corrected chi connectivity index (χ3v) is 4.56. The summed E-state index contributed by atoms with van der Waals surface area (Å²) in [5, 5.41) is 3.75. The number of nitrogens with zero attached hydrogens (tertiary/aromatic N) is 2. The van der Waals surface area contributed by atoms with Crippen molar-refractivity contribution in [2.75, 3.05) is 39.9 Å². The molecule has 2 aromatic rings. The van der Waals surface area contributed by atoms with Crippen LogP contribution in [0.25, 0.3) is 11.1 Å². The molecule has 1 aromatic heterocycles. The SMILES string of the molecule is COCCNCC(=O)N1CCC(c2nc3cc(Cl)ccc3o2)CC1. The molecule has 1 fully saturated rings. The van der Waals surface area contributed by atoms with Gasteiger partial charge < -0.3 is 19.4 Å². The van der Waals surface area contributed by atoms with Crippen LogP contribution in [0.3, 0.4) is 0 Å². The minimum atomic E-state index is 0.133. The van der Waals surface area contributed by atoms with E-state index >= 15 is 0 Å². The van der Waals surface area contributed by atoms with Gasteiger partial charge in [0.15, 0.2) is 11.5 Å². The third kappa shape index (κ3) is 4.06. The minimum Gasteiger partial charge on any atom is -0.440 e. The van der Waals surface area contributed by atoms with Crippen LogP contribution in [0.4, 0.5) is 0 Å². The summed E-state index contributed by atoms with van der Waals surface area (Å²) in [6, 6.07) is 5.46. The Kier molecular flexibility index (Phi) is 5.71. The number of rotatable bonds is 6. The molecule has 1 amide bonds. The standard InChI is InChI=1S/C17H22ClN3O3/c1-23-9-6-19-11-16(22)21-7-4-12(5-8-21)17-20-14-10-13(18)2-3-15(14)24-17/h2-3,10,12,19H,4-9,11H2,1H3. The van der Waals surface area contributed by atoms with E-state index < -0.39 is 0 Å². The molecule has 0 atom stereocenters. The van der Waals surface area contributed by atoms with Crippen LogP contribution in [-0.4, -0.2) is 55.7 Å². The predicted octanol–water partition coefficient (Wildman–Crippen LogP) is 2.42. The molecule has 0 spiro atoms. The molecule has 0 radical (unpaired) electrons. The van der Waals surface area contributed by atoms with Crippen molar-refractivity contribution in [3.63, 3.8) is 0 Å². The molecule has 7 heteroatoms. The van der Waals surface area contributed by atoms with E-state index in [1.807, 2.05) is 17.0 Å². The number of aromatic nitrogens is 1. The summed E-state index contributed by atoms with van der Waals surface area (Å²) in [4.78, 5) is 18.6. The summed E-state index contributed by atoms with van der Waals surface area (Å²) in [7, 11) is 1.65. The Labute approximate surface area is 146 Å². The Hall–Kier alpha value is -1.63. The fourth-order valence-corrected chi connectivity index (χ4v) is 3.12. The number of halogens is 1. The molecule has 0 unspecified atom stereocenters. The van der Waals surface area contributed by atoms with E-state index in [4.69, 9.17) is 20.8 Å². The number of benzene rings is 1. The third-order valence-electron chi connectivity index (χ3n) is 4.32. The number of carbonyl (C=O) groups is 1. The largest absolute Gasteiger partial charge is 0.440 e. The van der Waals surface area contributed by atoms with E-state index in [0.29, 0.717) is 24.7 Å². The molecule has 0 aliphatic carbocycles. The van der Waals surface area contributed by atoms with Crippen molar-refractivity contribution in [1.29, 1.82) is 0 Å². The van der Waals surface area contributed by atoms with Crippen molar-refractivity contribution in [3.8, 4) is 0 Å². The summed E-state index contributed by atoms with van der Waals surface area (Å²) in [5.74, 6) is 1.13. The Balaban J connectivity index is 1.53. The second-order valence-corrected chi connectivity index (χ2v) is 6.43. The van der Waals surface area contributed by atoms with Gasteiger partial charge in [0.25, 0.3) is 0 Å². The summed E-state index contributed by atoms with van der Waals surface area (Å²) in [6.45, 7) is 3.11. The maximum Gasteiger partial charge on any atom is 0.236 e. The predicted molar refractivity (Wildman–Crippen MR) is 92.3 cm³/mol. The van der Waals surface area contributed by atoms with E-state index in [0.717, 1.165) is 42.9 Å². The van der Waals surface area contributed by atoms with Gasteiger partial charge in [0.2, 0.25) is 5.91 Å². The number of hydrogen-bond acceptors (Lipinski definition) is 5. The van der Waals surface area contributed by atoms with Gasteiger partial charge in [0.05, 0.1) is 13.2 Å². The van der Waals surface area contributed by atoms with Gasteiger partial charge in [-0.15, -0.1) is 0 Å². The maximum absolute atomic E-state index is 12.2. The van der Waals surface area contributed by atoms with Crippen LogP contribution < -0.4 is 5.32 Å². The van der Waals surface area contributed by atoms with E-state index in [-0.39, 0.29) is 11.8 Å². The van der Waals surface area contributed by atoms with Gasteiger partial charge in [-0.05, 0) is 31.0 Å². The van der Waals surface area contributed by atoms with Gasteiger partial charge in [-0.1, -0.05) is 11.6 Å². The first-order chi connectivity index (χ1) is 11.7. The lowest BCUT2D eigenvalue weighted by Gasteiger charge is -2.30. The van der Waals surface area contributed by atoms with Crippen molar-refractivity contribution >= 4 is 28.6 Å². The lowest BCUT2D eigenvalue weighted by molar-refractivity contribution is -0.131. The highest BCUT2D eigenvalue weighted by molar-refractivity contribution is 6.31. The lowest BCUT2D eigenvalue weighted by atomic mass is 9.97. The number of oxazole rings is 1. The first kappa shape index (κ1) is 17.2. The Morgan fingerprint density at radius 3 is 3.00 bits per heavy atom. The number of carbonyl (C=O) groups excluding carboxylic acids is 1. The molecular formula is C17H22ClN3O3. The molecule has 1 saturated heterocycles. The van der Waals surface area contributed by atoms with Gasteiger partial charge in [-0.2, -0.15) is 0 Å². The van der Waals surface area contributed by atoms with Crippen LogP contribution in [-0.2, 0) is 9.53 Å². The number of methoxy groups -OCH3 is 1. The van der Waals surface area contributed by atoms with Crippen LogP contribution in [0.2, 0.25) is 5.02 Å². The van der Waals surface area contributed by atoms with Crippen LogP contribution >= 0.6 is 11.6 Å². The molecule has 0 saturated carbocycles. The minimum absolute atomic E-state index is 0.133. The smallest absolute Gasteiger partial charge is 0.236 e. The van der Waals surface area contributed by atoms with Crippen molar-refractivity contribution < 1.29 is 13.9 Å². The van der Waals surface area contributed by atoms with Crippen LogP contribution in [0, 0.1) is 0 Å². The Morgan fingerprint density at radius 1 is 1.46 bits per heavy atom. The average Bonchev–Trinajstić information content (AvgIpc) is 3.02. The second-order valence-electron chi connectivity index (χ2n) is 5.99. The van der Waals surface area contributed by atoms with Crippen molar-refractivity contribution in [2.24, 2.45) is 0 Å². The Bertz CT molecular complexity index is 695. The number of fused-ring (bicyclic) bond motifs is 1. The molecule has 0 bridgehead atoms. The van der Waals surface area contributed by atoms with Gasteiger partial charge in [0.1, 0.15) is 5.52 Å². The number of piperidine rings is 1. The molecule has 2 heterocycles. The van der Waals surface area contributed by atoms with Crippen molar-refractivity contribution in [3.05, 3.63) is 29.1 Å². The summed E-state index contributed by atoms with van der Waals surface area (Å²) in [5.41, 5.74) is 1.55. The molecular weight excluding hydrogens is 330 g/mol. The maximum atomic E-state index is 12.2. The molecule has 24 heavy (non-hydrogen) atoms. The highest BCUT2D eigenvalue weighted by atomic mass is 35.5. The van der Waals surface area contributed by atoms with E-state index in [1.165, 1.54) is 0 Å². The fourth-order valence-electron chi connectivity index (χ4n) is 2.95. The van der Waals surface area contributed by atoms with E-state index in [9.17, 15) is 4.79 Å². The van der Waals surface area contributed by atoms with Gasteiger partial charge >= 0.3 is 0 Å². The van der Waals surface area contributed by atoms with E-state index in [1.54, 1.807) is 13.2 Å². The number of amides is 1. The lowest BCUT2D eigenvalue weighted by Crippen LogP contribution is -2.43. The second kappa shape index (κ2) is 7.96. The molecule has 130 valence electrons. The quantitative estimate of drug-likeness (QED) is 0.809. The van der Waals surface area contributed by atoms with Crippen molar-refractivity contribution in [2.45, 2.75) is 18.8 Å². The summed E-state index contributed by atoms with van der Waals surface area (Å²) in [6.07, 6.45) is 1.73. The Morgan fingerprint density at radius 2 is 2.25 bits per heavy atom. The van der Waals surface area contributed by atoms with E-state index in [2.05, 4.69) is 10.3 Å². The molecule has 6 nitrogen and oxygen atoms in total. The van der Waals surface area contributed by atoms with Crippen molar-refractivity contribution in [1.82, 2.24) is 15.2 Å². The number of ether oxygens (including phenoxy) is 1. The summed E-state index contributed by atoms with van der Waals surface area (Å²) < 4.78 is 10.8. The number of nitrogens with one attached hydrogen (secondary N) is 1. The molecule has 3 rings (SSSR count). The first-order valence-electron chi connectivity index (χ1n) is 8.21. The van der Waals surface area contributed by atoms with Crippen LogP contribution in [0.1, 0.15) is 24.7 Å². The molecule has 1 aromatic carbocycles. The first-order valence-corrected chi connectivity index (χ1v) is 8.58. The topological polar surface area (TPSA) is 67.6 Å².